The van der Waals surface area contributed by atoms with Gasteiger partial charge in [-0.25, -0.2) is 8.78 Å². The van der Waals surface area contributed by atoms with Crippen LogP contribution in [0.3, 0.4) is 0 Å². The van der Waals surface area contributed by atoms with Crippen LogP contribution in [0.2, 0.25) is 0 Å². The maximum absolute atomic E-state index is 13.7. The summed E-state index contributed by atoms with van der Waals surface area (Å²) in [6, 6.07) is 3.16. The Labute approximate surface area is 120 Å². The van der Waals surface area contributed by atoms with Gasteiger partial charge in [-0.05, 0) is 50.2 Å². The van der Waals surface area contributed by atoms with E-state index < -0.39 is 11.6 Å². The second-order valence-corrected chi connectivity index (χ2v) is 5.83. The van der Waals surface area contributed by atoms with Crippen LogP contribution < -0.4 is 0 Å². The summed E-state index contributed by atoms with van der Waals surface area (Å²) in [7, 11) is 0. The second-order valence-electron chi connectivity index (χ2n) is 5.83. The minimum absolute atomic E-state index is 0.184. The summed E-state index contributed by atoms with van der Waals surface area (Å²) >= 11 is 0. The third-order valence-electron chi connectivity index (χ3n) is 4.23. The van der Waals surface area contributed by atoms with E-state index in [-0.39, 0.29) is 5.56 Å². The van der Waals surface area contributed by atoms with E-state index in [1.807, 2.05) is 0 Å². The van der Waals surface area contributed by atoms with Gasteiger partial charge >= 0.3 is 0 Å². The normalized spacial score (nSPS) is 22.2. The van der Waals surface area contributed by atoms with Gasteiger partial charge in [0, 0.05) is 5.92 Å². The van der Waals surface area contributed by atoms with Crippen LogP contribution in [-0.2, 0) is 0 Å². The Morgan fingerprint density at radius 1 is 1.10 bits per heavy atom. The average Bonchev–Trinajstić information content (AvgIpc) is 2.46. The first kappa shape index (κ1) is 15.0. The van der Waals surface area contributed by atoms with Crippen LogP contribution in [0.25, 0.3) is 0 Å². The van der Waals surface area contributed by atoms with Crippen molar-refractivity contribution in [2.75, 3.05) is 0 Å². The van der Waals surface area contributed by atoms with Crippen LogP contribution in [-0.4, -0.2) is 0 Å². The topological polar surface area (TPSA) is 0 Å². The Morgan fingerprint density at radius 2 is 1.80 bits per heavy atom. The molecule has 0 spiro atoms. The monoisotopic (exact) mass is 276 g/mol. The molecule has 1 saturated carbocycles. The highest BCUT2D eigenvalue weighted by Crippen LogP contribution is 2.31. The molecule has 1 aromatic rings. The molecule has 0 amide bonds. The highest BCUT2D eigenvalue weighted by atomic mass is 19.2. The summed E-state index contributed by atoms with van der Waals surface area (Å²) in [5.41, 5.74) is 0.511. The molecule has 0 atom stereocenters. The predicted molar refractivity (Wildman–Crippen MR) is 78.3 cm³/mol. The zero-order valence-electron chi connectivity index (χ0n) is 12.3. The molecule has 0 bridgehead atoms. The lowest BCUT2D eigenvalue weighted by Crippen LogP contribution is -2.13. The Bertz CT molecular complexity index is 514. The molecule has 0 aromatic heterocycles. The lowest BCUT2D eigenvalue weighted by Gasteiger charge is -2.25. The molecule has 20 heavy (non-hydrogen) atoms. The number of hydrogen-bond acceptors (Lipinski definition) is 0. The lowest BCUT2D eigenvalue weighted by atomic mass is 9.80. The Hall–Kier alpha value is -1.36. The van der Waals surface area contributed by atoms with Gasteiger partial charge in [0.25, 0.3) is 0 Å². The molecule has 108 valence electrons. The van der Waals surface area contributed by atoms with Gasteiger partial charge in [-0.3, -0.25) is 0 Å². The summed E-state index contributed by atoms with van der Waals surface area (Å²) in [6.07, 6.45) is 7.17. The van der Waals surface area contributed by atoms with Crippen molar-refractivity contribution < 1.29 is 8.78 Å². The molecule has 0 heterocycles. The van der Waals surface area contributed by atoms with E-state index in [1.165, 1.54) is 25.7 Å². The fraction of sp³-hybridized carbons (Fsp3) is 0.556. The van der Waals surface area contributed by atoms with Crippen molar-refractivity contribution in [3.8, 4) is 11.8 Å². The molecular weight excluding hydrogens is 254 g/mol. The first-order chi connectivity index (χ1) is 9.61. The summed E-state index contributed by atoms with van der Waals surface area (Å²) in [5.74, 6) is 5.56. The Morgan fingerprint density at radius 3 is 2.45 bits per heavy atom. The van der Waals surface area contributed by atoms with E-state index in [4.69, 9.17) is 0 Å². The molecule has 0 nitrogen and oxygen atoms in total. The van der Waals surface area contributed by atoms with E-state index in [0.717, 1.165) is 18.8 Å². The molecule has 0 unspecified atom stereocenters. The van der Waals surface area contributed by atoms with Crippen LogP contribution >= 0.6 is 0 Å². The maximum Gasteiger partial charge on any atom is 0.174 e. The number of benzene rings is 1. The third kappa shape index (κ3) is 3.60. The van der Waals surface area contributed by atoms with E-state index >= 15 is 0 Å². The molecule has 2 rings (SSSR count). The van der Waals surface area contributed by atoms with Gasteiger partial charge in [0.05, 0.1) is 5.56 Å². The smallest absolute Gasteiger partial charge is 0.174 e. The van der Waals surface area contributed by atoms with Crippen LogP contribution in [0.15, 0.2) is 12.1 Å². The zero-order chi connectivity index (χ0) is 14.5. The highest BCUT2D eigenvalue weighted by molar-refractivity contribution is 5.38. The summed E-state index contributed by atoms with van der Waals surface area (Å²) < 4.78 is 27.2. The van der Waals surface area contributed by atoms with Crippen molar-refractivity contribution in [2.45, 2.75) is 52.4 Å². The van der Waals surface area contributed by atoms with E-state index in [2.05, 4.69) is 18.8 Å². The van der Waals surface area contributed by atoms with Crippen molar-refractivity contribution in [3.63, 3.8) is 0 Å². The van der Waals surface area contributed by atoms with Gasteiger partial charge in [0.15, 0.2) is 11.6 Å². The molecule has 1 aliphatic carbocycles. The predicted octanol–water partition coefficient (Wildman–Crippen LogP) is 5.23. The lowest BCUT2D eigenvalue weighted by molar-refractivity contribution is 0.300. The molecular formula is C18H22F2. The molecule has 2 heteroatoms. The number of halogens is 2. The molecule has 0 aliphatic heterocycles. The van der Waals surface area contributed by atoms with Crippen molar-refractivity contribution in [1.82, 2.24) is 0 Å². The van der Waals surface area contributed by atoms with E-state index in [0.29, 0.717) is 11.5 Å². The van der Waals surface area contributed by atoms with Gasteiger partial charge in [-0.15, -0.1) is 0 Å². The van der Waals surface area contributed by atoms with Crippen LogP contribution in [0.1, 0.15) is 56.6 Å². The maximum atomic E-state index is 13.7. The minimum Gasteiger partial charge on any atom is -0.203 e. The summed E-state index contributed by atoms with van der Waals surface area (Å²) in [5, 5.41) is 0. The fourth-order valence-corrected chi connectivity index (χ4v) is 2.93. The summed E-state index contributed by atoms with van der Waals surface area (Å²) in [4.78, 5) is 0. The average molecular weight is 276 g/mol. The second kappa shape index (κ2) is 6.88. The van der Waals surface area contributed by atoms with Crippen LogP contribution in [0, 0.1) is 42.2 Å². The first-order valence-corrected chi connectivity index (χ1v) is 7.58. The SMILES string of the molecule is CCCC1CCC(C#Cc2ccc(C)c(F)c2F)CC1. The third-order valence-corrected chi connectivity index (χ3v) is 4.23. The van der Waals surface area contributed by atoms with Crippen molar-refractivity contribution in [1.29, 1.82) is 0 Å². The largest absolute Gasteiger partial charge is 0.203 e. The number of aryl methyl sites for hydroxylation is 1. The highest BCUT2D eigenvalue weighted by Gasteiger charge is 2.19. The fourth-order valence-electron chi connectivity index (χ4n) is 2.93. The molecule has 1 aliphatic rings. The first-order valence-electron chi connectivity index (χ1n) is 7.58. The Balaban J connectivity index is 2.00. The quantitative estimate of drug-likeness (QED) is 0.649. The Kier molecular flexibility index (Phi) is 5.17. The van der Waals surface area contributed by atoms with E-state index in [1.54, 1.807) is 19.1 Å². The van der Waals surface area contributed by atoms with Crippen LogP contribution in [0.4, 0.5) is 8.78 Å². The van der Waals surface area contributed by atoms with Crippen molar-refractivity contribution >= 4 is 0 Å². The van der Waals surface area contributed by atoms with Crippen LogP contribution in [0.5, 0.6) is 0 Å². The standard InChI is InChI=1S/C18H22F2/c1-3-4-14-6-8-15(9-7-14)10-12-16-11-5-13(2)17(19)18(16)20/h5,11,14-15H,3-4,6-9H2,1-2H3. The van der Waals surface area contributed by atoms with Gasteiger partial charge in [-0.2, -0.15) is 0 Å². The number of rotatable bonds is 2. The van der Waals surface area contributed by atoms with Gasteiger partial charge < -0.3 is 0 Å². The molecule has 1 aromatic carbocycles. The van der Waals surface area contributed by atoms with Gasteiger partial charge in [-0.1, -0.05) is 37.7 Å². The van der Waals surface area contributed by atoms with Gasteiger partial charge in [0.1, 0.15) is 0 Å². The molecule has 0 saturated heterocycles. The molecule has 0 radical (unpaired) electrons. The van der Waals surface area contributed by atoms with Crippen molar-refractivity contribution in [3.05, 3.63) is 34.9 Å². The zero-order valence-corrected chi connectivity index (χ0v) is 12.3. The number of hydrogen-bond donors (Lipinski definition) is 0. The van der Waals surface area contributed by atoms with Gasteiger partial charge in [0.2, 0.25) is 0 Å². The molecule has 0 N–H and O–H groups in total. The van der Waals surface area contributed by atoms with E-state index in [9.17, 15) is 8.78 Å². The molecule has 1 fully saturated rings. The van der Waals surface area contributed by atoms with Crippen molar-refractivity contribution in [2.24, 2.45) is 11.8 Å². The summed E-state index contributed by atoms with van der Waals surface area (Å²) in [6.45, 7) is 3.78. The minimum atomic E-state index is -0.808.